The largest absolute Gasteiger partial charge is 0.496 e. The summed E-state index contributed by atoms with van der Waals surface area (Å²) in [5, 5.41) is 6.93. The van der Waals surface area contributed by atoms with Gasteiger partial charge in [-0.1, -0.05) is 0 Å². The summed E-state index contributed by atoms with van der Waals surface area (Å²) < 4.78 is 44.9. The van der Waals surface area contributed by atoms with Crippen molar-refractivity contribution in [3.05, 3.63) is 59.3 Å². The molecule has 3 rings (SSSR count). The topological polar surface area (TPSA) is 74.6 Å². The number of carbonyl (C=O) groups excluding carboxylic acids is 1. The molecule has 0 aliphatic heterocycles. The Bertz CT molecular complexity index is 1060. The first-order valence-electron chi connectivity index (χ1n) is 8.94. The van der Waals surface area contributed by atoms with Crippen molar-refractivity contribution in [3.63, 3.8) is 0 Å². The zero-order valence-corrected chi connectivity index (χ0v) is 17.0. The number of aromatic nitrogens is 2. The van der Waals surface area contributed by atoms with E-state index < -0.39 is 17.5 Å². The van der Waals surface area contributed by atoms with Crippen molar-refractivity contribution >= 4 is 5.91 Å². The van der Waals surface area contributed by atoms with Crippen LogP contribution in [0.25, 0.3) is 11.3 Å². The Morgan fingerprint density at radius 3 is 2.30 bits per heavy atom. The van der Waals surface area contributed by atoms with Gasteiger partial charge in [-0.25, -0.2) is 8.78 Å². The van der Waals surface area contributed by atoms with Crippen LogP contribution in [0, 0.1) is 11.6 Å². The number of methoxy groups -OCH3 is 3. The number of benzene rings is 2. The predicted octanol–water partition coefficient (Wildman–Crippen LogP) is 3.32. The van der Waals surface area contributed by atoms with Crippen molar-refractivity contribution in [2.45, 2.75) is 6.54 Å². The maximum absolute atomic E-state index is 14.2. The van der Waals surface area contributed by atoms with E-state index in [1.165, 1.54) is 38.3 Å². The van der Waals surface area contributed by atoms with Crippen molar-refractivity contribution in [3.8, 4) is 28.5 Å². The van der Waals surface area contributed by atoms with Crippen LogP contribution in [0.1, 0.15) is 15.9 Å². The fraction of sp³-hybridized carbons (Fsp3) is 0.238. The van der Waals surface area contributed by atoms with Gasteiger partial charge in [0, 0.05) is 37.0 Å². The summed E-state index contributed by atoms with van der Waals surface area (Å²) in [6, 6.07) is 6.46. The molecule has 3 aromatic rings. The molecule has 30 heavy (non-hydrogen) atoms. The lowest BCUT2D eigenvalue weighted by molar-refractivity contribution is 0.0951. The van der Waals surface area contributed by atoms with Crippen LogP contribution in [-0.4, -0.2) is 37.0 Å². The van der Waals surface area contributed by atoms with Gasteiger partial charge in [-0.05, 0) is 12.1 Å². The minimum atomic E-state index is -0.804. The highest BCUT2D eigenvalue weighted by atomic mass is 19.1. The second-order valence-corrected chi connectivity index (χ2v) is 6.38. The van der Waals surface area contributed by atoms with E-state index in [1.807, 2.05) is 0 Å². The molecule has 7 nitrogen and oxygen atoms in total. The molecule has 0 aliphatic rings. The van der Waals surface area contributed by atoms with E-state index in [0.717, 1.165) is 12.1 Å². The molecule has 1 amide bonds. The molecule has 9 heteroatoms. The van der Waals surface area contributed by atoms with Crippen LogP contribution < -0.4 is 19.5 Å². The van der Waals surface area contributed by atoms with Crippen LogP contribution in [0.4, 0.5) is 8.78 Å². The summed E-state index contributed by atoms with van der Waals surface area (Å²) in [5.74, 6) is -0.509. The van der Waals surface area contributed by atoms with Crippen molar-refractivity contribution < 1.29 is 27.8 Å². The van der Waals surface area contributed by atoms with Crippen LogP contribution in [0.5, 0.6) is 17.2 Å². The normalized spacial score (nSPS) is 10.6. The number of nitrogens with zero attached hydrogens (tertiary/aromatic N) is 2. The number of rotatable bonds is 7. The van der Waals surface area contributed by atoms with Gasteiger partial charge in [0.05, 0.1) is 39.0 Å². The lowest BCUT2D eigenvalue weighted by atomic mass is 10.1. The first-order chi connectivity index (χ1) is 14.4. The number of amides is 1. The van der Waals surface area contributed by atoms with E-state index in [9.17, 15) is 13.6 Å². The first-order valence-corrected chi connectivity index (χ1v) is 8.94. The molecule has 1 N–H and O–H groups in total. The van der Waals surface area contributed by atoms with E-state index >= 15 is 0 Å². The summed E-state index contributed by atoms with van der Waals surface area (Å²) in [7, 11) is 6.12. The van der Waals surface area contributed by atoms with Crippen LogP contribution in [0.15, 0.2) is 36.5 Å². The van der Waals surface area contributed by atoms with Crippen molar-refractivity contribution in [1.29, 1.82) is 0 Å². The molecule has 2 aromatic carbocycles. The number of hydrogen-bond acceptors (Lipinski definition) is 5. The summed E-state index contributed by atoms with van der Waals surface area (Å²) in [6.45, 7) is 0.0788. The van der Waals surface area contributed by atoms with Crippen molar-refractivity contribution in [2.24, 2.45) is 7.05 Å². The second kappa shape index (κ2) is 8.81. The van der Waals surface area contributed by atoms with Gasteiger partial charge >= 0.3 is 0 Å². The molecule has 0 unspecified atom stereocenters. The van der Waals surface area contributed by atoms with Crippen LogP contribution in [0.2, 0.25) is 0 Å². The standard InChI is InChI=1S/C21H21F2N3O4/c1-26-11-16(20(25-26)14-6-5-12(22)7-17(14)23)21(27)24-10-15-18(29-3)8-13(28-2)9-19(15)30-4/h5-9,11H,10H2,1-4H3,(H,24,27). The highest BCUT2D eigenvalue weighted by molar-refractivity contribution is 5.99. The zero-order chi connectivity index (χ0) is 21.8. The smallest absolute Gasteiger partial charge is 0.255 e. The molecular weight excluding hydrogens is 396 g/mol. The molecule has 1 heterocycles. The Morgan fingerprint density at radius 2 is 1.73 bits per heavy atom. The maximum Gasteiger partial charge on any atom is 0.255 e. The van der Waals surface area contributed by atoms with Gasteiger partial charge in [-0.3, -0.25) is 9.48 Å². The highest BCUT2D eigenvalue weighted by Gasteiger charge is 2.21. The first kappa shape index (κ1) is 21.1. The van der Waals surface area contributed by atoms with Crippen LogP contribution in [-0.2, 0) is 13.6 Å². The third-order valence-electron chi connectivity index (χ3n) is 4.50. The maximum atomic E-state index is 14.2. The zero-order valence-electron chi connectivity index (χ0n) is 17.0. The molecule has 1 aromatic heterocycles. The SMILES string of the molecule is COc1cc(OC)c(CNC(=O)c2cn(C)nc2-c2ccc(F)cc2F)c(OC)c1. The average Bonchev–Trinajstić information content (AvgIpc) is 3.12. The van der Waals surface area contributed by atoms with Crippen molar-refractivity contribution in [2.75, 3.05) is 21.3 Å². The summed E-state index contributed by atoms with van der Waals surface area (Å²) in [6.07, 6.45) is 1.47. The Kier molecular flexibility index (Phi) is 6.20. The molecule has 0 aliphatic carbocycles. The number of nitrogens with one attached hydrogen (secondary N) is 1. The van der Waals surface area contributed by atoms with Gasteiger partial charge in [0.1, 0.15) is 34.6 Å². The molecule has 0 fully saturated rings. The molecule has 0 spiro atoms. The number of hydrogen-bond donors (Lipinski definition) is 1. The Morgan fingerprint density at radius 1 is 1.07 bits per heavy atom. The number of aryl methyl sites for hydroxylation is 1. The van der Waals surface area contributed by atoms with E-state index in [0.29, 0.717) is 22.8 Å². The number of halogens is 2. The van der Waals surface area contributed by atoms with Gasteiger partial charge < -0.3 is 19.5 Å². The van der Waals surface area contributed by atoms with Gasteiger partial charge in [-0.15, -0.1) is 0 Å². The molecule has 0 atom stereocenters. The van der Waals surface area contributed by atoms with Gasteiger partial charge in [0.2, 0.25) is 0 Å². The fourth-order valence-corrected chi connectivity index (χ4v) is 3.05. The van der Waals surface area contributed by atoms with Crippen LogP contribution >= 0.6 is 0 Å². The van der Waals surface area contributed by atoms with Crippen molar-refractivity contribution in [1.82, 2.24) is 15.1 Å². The summed E-state index contributed by atoms with van der Waals surface area (Å²) >= 11 is 0. The van der Waals surface area contributed by atoms with Crippen LogP contribution in [0.3, 0.4) is 0 Å². The molecule has 158 valence electrons. The Labute approximate surface area is 172 Å². The highest BCUT2D eigenvalue weighted by Crippen LogP contribution is 2.34. The summed E-state index contributed by atoms with van der Waals surface area (Å²) in [5.41, 5.74) is 0.893. The minimum Gasteiger partial charge on any atom is -0.496 e. The lowest BCUT2D eigenvalue weighted by Gasteiger charge is -2.15. The van der Waals surface area contributed by atoms with E-state index in [1.54, 1.807) is 19.2 Å². The van der Waals surface area contributed by atoms with Gasteiger partial charge in [0.25, 0.3) is 5.91 Å². The number of ether oxygens (including phenoxy) is 3. The minimum absolute atomic E-state index is 0.0294. The Hall–Kier alpha value is -3.62. The average molecular weight is 417 g/mol. The lowest BCUT2D eigenvalue weighted by Crippen LogP contribution is -2.23. The third-order valence-corrected chi connectivity index (χ3v) is 4.50. The van der Waals surface area contributed by atoms with Gasteiger partial charge in [-0.2, -0.15) is 5.10 Å². The Balaban J connectivity index is 1.90. The van der Waals surface area contributed by atoms with E-state index in [4.69, 9.17) is 14.2 Å². The van der Waals surface area contributed by atoms with Gasteiger partial charge in [0.15, 0.2) is 0 Å². The molecule has 0 saturated carbocycles. The monoisotopic (exact) mass is 417 g/mol. The van der Waals surface area contributed by atoms with E-state index in [-0.39, 0.29) is 23.4 Å². The molecule has 0 saturated heterocycles. The summed E-state index contributed by atoms with van der Waals surface area (Å²) in [4.78, 5) is 12.9. The third kappa shape index (κ3) is 4.19. The fourth-order valence-electron chi connectivity index (χ4n) is 3.05. The number of carbonyl (C=O) groups is 1. The molecule has 0 bridgehead atoms. The molecule has 0 radical (unpaired) electrons. The predicted molar refractivity (Wildman–Crippen MR) is 106 cm³/mol. The van der Waals surface area contributed by atoms with E-state index in [2.05, 4.69) is 10.4 Å². The molecular formula is C21H21F2N3O4. The quantitative estimate of drug-likeness (QED) is 0.638. The second-order valence-electron chi connectivity index (χ2n) is 6.38.